The van der Waals surface area contributed by atoms with Crippen molar-refractivity contribution in [3.05, 3.63) is 71.8 Å². The Bertz CT molecular complexity index is 701. The molecule has 2 N–H and O–H groups in total. The van der Waals surface area contributed by atoms with Crippen molar-refractivity contribution >= 4 is 12.1 Å². The SMILES string of the molecule is CC(C)(C)OC(=O)N[C@H](CO)C(=O)OC(c1ccccc1)c1ccccc1. The molecule has 0 aliphatic carbocycles. The molecule has 0 bridgehead atoms. The van der Waals surface area contributed by atoms with Crippen molar-refractivity contribution < 1.29 is 24.2 Å². The number of rotatable bonds is 6. The third-order valence-corrected chi connectivity index (χ3v) is 3.60. The first-order valence-corrected chi connectivity index (χ1v) is 8.71. The van der Waals surface area contributed by atoms with Crippen LogP contribution in [-0.4, -0.2) is 35.4 Å². The molecular formula is C21H25NO5. The molecule has 6 nitrogen and oxygen atoms in total. The molecule has 0 aliphatic rings. The normalized spacial score (nSPS) is 12.3. The van der Waals surface area contributed by atoms with Gasteiger partial charge in [0.25, 0.3) is 0 Å². The van der Waals surface area contributed by atoms with Crippen molar-refractivity contribution in [1.82, 2.24) is 5.32 Å². The minimum atomic E-state index is -1.23. The Labute approximate surface area is 159 Å². The van der Waals surface area contributed by atoms with Crippen LogP contribution in [-0.2, 0) is 14.3 Å². The van der Waals surface area contributed by atoms with Crippen LogP contribution < -0.4 is 5.32 Å². The van der Waals surface area contributed by atoms with Gasteiger partial charge in [0.15, 0.2) is 12.1 Å². The average Bonchev–Trinajstić information content (AvgIpc) is 2.64. The van der Waals surface area contributed by atoms with Crippen LogP contribution in [0.5, 0.6) is 0 Å². The number of ether oxygens (including phenoxy) is 2. The summed E-state index contributed by atoms with van der Waals surface area (Å²) < 4.78 is 10.8. The Morgan fingerprint density at radius 1 is 0.963 bits per heavy atom. The highest BCUT2D eigenvalue weighted by Gasteiger charge is 2.28. The third-order valence-electron chi connectivity index (χ3n) is 3.60. The van der Waals surface area contributed by atoms with Gasteiger partial charge in [0, 0.05) is 0 Å². The highest BCUT2D eigenvalue weighted by Crippen LogP contribution is 2.26. The molecule has 0 fully saturated rings. The Hall–Kier alpha value is -2.86. The summed E-state index contributed by atoms with van der Waals surface area (Å²) in [5, 5.41) is 11.9. The van der Waals surface area contributed by atoms with Gasteiger partial charge in [-0.05, 0) is 31.9 Å². The highest BCUT2D eigenvalue weighted by molar-refractivity contribution is 5.82. The molecule has 144 valence electrons. The third kappa shape index (κ3) is 6.42. The van der Waals surface area contributed by atoms with Gasteiger partial charge < -0.3 is 19.9 Å². The lowest BCUT2D eigenvalue weighted by Gasteiger charge is -2.24. The number of hydrogen-bond donors (Lipinski definition) is 2. The molecule has 0 saturated carbocycles. The van der Waals surface area contributed by atoms with Crippen LogP contribution in [0.1, 0.15) is 38.0 Å². The van der Waals surface area contributed by atoms with Gasteiger partial charge in [-0.25, -0.2) is 9.59 Å². The van der Waals surface area contributed by atoms with Crippen molar-refractivity contribution in [2.75, 3.05) is 6.61 Å². The summed E-state index contributed by atoms with van der Waals surface area (Å²) in [4.78, 5) is 24.5. The molecule has 0 aromatic heterocycles. The van der Waals surface area contributed by atoms with E-state index in [9.17, 15) is 14.7 Å². The first-order valence-electron chi connectivity index (χ1n) is 8.71. The van der Waals surface area contributed by atoms with Crippen molar-refractivity contribution in [1.29, 1.82) is 0 Å². The van der Waals surface area contributed by atoms with Crippen molar-refractivity contribution in [3.8, 4) is 0 Å². The number of hydrogen-bond acceptors (Lipinski definition) is 5. The quantitative estimate of drug-likeness (QED) is 0.762. The smallest absolute Gasteiger partial charge is 0.408 e. The van der Waals surface area contributed by atoms with Crippen molar-refractivity contribution in [2.24, 2.45) is 0 Å². The second-order valence-electron chi connectivity index (χ2n) is 7.02. The molecule has 0 aliphatic heterocycles. The lowest BCUT2D eigenvalue weighted by Crippen LogP contribution is -2.46. The topological polar surface area (TPSA) is 84.9 Å². The summed E-state index contributed by atoms with van der Waals surface area (Å²) in [5.41, 5.74) is 0.849. The van der Waals surface area contributed by atoms with E-state index in [1.54, 1.807) is 20.8 Å². The number of aliphatic hydroxyl groups excluding tert-OH is 1. The number of carbonyl (C=O) groups is 2. The van der Waals surface area contributed by atoms with Crippen molar-refractivity contribution in [3.63, 3.8) is 0 Å². The van der Waals surface area contributed by atoms with Gasteiger partial charge >= 0.3 is 12.1 Å². The van der Waals surface area contributed by atoms with E-state index in [-0.39, 0.29) is 0 Å². The Morgan fingerprint density at radius 3 is 1.85 bits per heavy atom. The maximum atomic E-state index is 12.6. The van der Waals surface area contributed by atoms with E-state index in [0.29, 0.717) is 0 Å². The average molecular weight is 371 g/mol. The van der Waals surface area contributed by atoms with Gasteiger partial charge in [0.2, 0.25) is 0 Å². The Morgan fingerprint density at radius 2 is 1.44 bits per heavy atom. The number of nitrogens with one attached hydrogen (secondary N) is 1. The molecule has 1 amide bonds. The molecule has 0 radical (unpaired) electrons. The van der Waals surface area contributed by atoms with E-state index in [1.165, 1.54) is 0 Å². The zero-order valence-corrected chi connectivity index (χ0v) is 15.7. The van der Waals surface area contributed by atoms with Crippen LogP contribution in [0.2, 0.25) is 0 Å². The summed E-state index contributed by atoms with van der Waals surface area (Å²) in [6.07, 6.45) is -1.45. The minimum absolute atomic E-state index is 0.603. The van der Waals surface area contributed by atoms with Crippen LogP contribution in [0.4, 0.5) is 4.79 Å². The summed E-state index contributed by atoms with van der Waals surface area (Å²) in [7, 11) is 0. The number of aliphatic hydroxyl groups is 1. The molecule has 27 heavy (non-hydrogen) atoms. The fraction of sp³-hybridized carbons (Fsp3) is 0.333. The van der Waals surface area contributed by atoms with Gasteiger partial charge in [-0.2, -0.15) is 0 Å². The van der Waals surface area contributed by atoms with E-state index in [1.807, 2.05) is 60.7 Å². The zero-order valence-electron chi connectivity index (χ0n) is 15.7. The molecule has 0 unspecified atom stereocenters. The number of esters is 1. The van der Waals surface area contributed by atoms with Gasteiger partial charge in [0.05, 0.1) is 6.61 Å². The van der Waals surface area contributed by atoms with Crippen LogP contribution >= 0.6 is 0 Å². The molecule has 0 spiro atoms. The maximum absolute atomic E-state index is 12.6. The second-order valence-corrected chi connectivity index (χ2v) is 7.02. The first-order chi connectivity index (χ1) is 12.8. The molecular weight excluding hydrogens is 346 g/mol. The van der Waals surface area contributed by atoms with Crippen LogP contribution in [0, 0.1) is 0 Å². The Balaban J connectivity index is 2.16. The summed E-state index contributed by atoms with van der Waals surface area (Å²) >= 11 is 0. The lowest BCUT2D eigenvalue weighted by atomic mass is 10.0. The summed E-state index contributed by atoms with van der Waals surface area (Å²) in [5.74, 6) is -0.749. The summed E-state index contributed by atoms with van der Waals surface area (Å²) in [6, 6.07) is 17.3. The molecule has 0 saturated heterocycles. The first kappa shape index (κ1) is 20.5. The monoisotopic (exact) mass is 371 g/mol. The second kappa shape index (κ2) is 9.19. The molecule has 0 heterocycles. The predicted octanol–water partition coefficient (Wildman–Crippen LogP) is 3.20. The zero-order chi connectivity index (χ0) is 19.9. The molecule has 2 aromatic carbocycles. The fourth-order valence-corrected chi connectivity index (χ4v) is 2.41. The minimum Gasteiger partial charge on any atom is -0.451 e. The number of amides is 1. The lowest BCUT2D eigenvalue weighted by molar-refractivity contribution is -0.151. The van der Waals surface area contributed by atoms with E-state index in [4.69, 9.17) is 9.47 Å². The standard InChI is InChI=1S/C21H25NO5/c1-21(2,3)27-20(25)22-17(14-23)19(24)26-18(15-10-6-4-7-11-15)16-12-8-5-9-13-16/h4-13,17-18,23H,14H2,1-3H3,(H,22,25)/t17-/m1/s1. The highest BCUT2D eigenvalue weighted by atomic mass is 16.6. The van der Waals surface area contributed by atoms with Crippen LogP contribution in [0.25, 0.3) is 0 Å². The van der Waals surface area contributed by atoms with Gasteiger partial charge in [-0.1, -0.05) is 60.7 Å². The number of carbonyl (C=O) groups excluding carboxylic acids is 2. The van der Waals surface area contributed by atoms with Gasteiger partial charge in [0.1, 0.15) is 5.60 Å². The summed E-state index contributed by atoms with van der Waals surface area (Å²) in [6.45, 7) is 4.52. The largest absolute Gasteiger partial charge is 0.451 e. The number of benzene rings is 2. The molecule has 1 atom stereocenters. The van der Waals surface area contributed by atoms with Gasteiger partial charge in [-0.3, -0.25) is 0 Å². The Kier molecular flexibility index (Phi) is 6.96. The van der Waals surface area contributed by atoms with E-state index in [2.05, 4.69) is 5.32 Å². The predicted molar refractivity (Wildman–Crippen MR) is 101 cm³/mol. The molecule has 2 rings (SSSR count). The number of alkyl carbamates (subject to hydrolysis) is 1. The van der Waals surface area contributed by atoms with Crippen LogP contribution in [0.15, 0.2) is 60.7 Å². The molecule has 6 heteroatoms. The van der Waals surface area contributed by atoms with E-state index < -0.39 is 36.4 Å². The fourth-order valence-electron chi connectivity index (χ4n) is 2.41. The van der Waals surface area contributed by atoms with Crippen LogP contribution in [0.3, 0.4) is 0 Å². The van der Waals surface area contributed by atoms with Crippen molar-refractivity contribution in [2.45, 2.75) is 38.5 Å². The molecule has 2 aromatic rings. The maximum Gasteiger partial charge on any atom is 0.408 e. The van der Waals surface area contributed by atoms with Gasteiger partial charge in [-0.15, -0.1) is 0 Å². The van der Waals surface area contributed by atoms with E-state index in [0.717, 1.165) is 11.1 Å². The van der Waals surface area contributed by atoms with E-state index >= 15 is 0 Å².